The molecule has 2 aliphatic rings. The zero-order chi connectivity index (χ0) is 14.8. The summed E-state index contributed by atoms with van der Waals surface area (Å²) in [6.45, 7) is 3.71. The Kier molecular flexibility index (Phi) is 4.22. The minimum atomic E-state index is 0.0597. The van der Waals surface area contributed by atoms with E-state index in [0.717, 1.165) is 32.5 Å². The predicted octanol–water partition coefficient (Wildman–Crippen LogP) is 1.06. The minimum absolute atomic E-state index is 0.0597. The van der Waals surface area contributed by atoms with Crippen molar-refractivity contribution in [3.05, 3.63) is 29.1 Å². The summed E-state index contributed by atoms with van der Waals surface area (Å²) in [5.41, 5.74) is 3.87. The van der Waals surface area contributed by atoms with Crippen LogP contribution in [0, 0.1) is 5.92 Å². The molecule has 0 radical (unpaired) electrons. The van der Waals surface area contributed by atoms with E-state index in [1.54, 1.807) is 0 Å². The molecule has 0 aromatic carbocycles. The smallest absolute Gasteiger partial charge is 0.228 e. The number of pyridine rings is 1. The van der Waals surface area contributed by atoms with E-state index in [1.165, 1.54) is 16.7 Å². The van der Waals surface area contributed by atoms with Crippen molar-refractivity contribution in [3.8, 4) is 0 Å². The number of nitrogens with zero attached hydrogens (tertiary/aromatic N) is 3. The Bertz CT molecular complexity index is 524. The fraction of sp³-hybridized carbons (Fsp3) is 0.625. The Morgan fingerprint density at radius 1 is 1.48 bits per heavy atom. The number of carbonyl (C=O) groups is 1. The van der Waals surface area contributed by atoms with E-state index in [2.05, 4.69) is 24.0 Å². The van der Waals surface area contributed by atoms with Gasteiger partial charge < -0.3 is 14.5 Å². The largest absolute Gasteiger partial charge is 0.381 e. The highest BCUT2D eigenvalue weighted by atomic mass is 16.5. The Morgan fingerprint density at radius 2 is 2.33 bits per heavy atom. The number of ether oxygens (including phenoxy) is 1. The normalized spacial score (nSPS) is 21.7. The van der Waals surface area contributed by atoms with Crippen LogP contribution in [0.5, 0.6) is 0 Å². The molecule has 0 aliphatic carbocycles. The van der Waals surface area contributed by atoms with Crippen molar-refractivity contribution in [1.29, 1.82) is 0 Å². The van der Waals surface area contributed by atoms with Gasteiger partial charge in [-0.1, -0.05) is 0 Å². The summed E-state index contributed by atoms with van der Waals surface area (Å²) in [7, 11) is 4.14. The van der Waals surface area contributed by atoms with Gasteiger partial charge in [0.15, 0.2) is 0 Å². The second kappa shape index (κ2) is 6.12. The molecule has 0 bridgehead atoms. The van der Waals surface area contributed by atoms with Crippen molar-refractivity contribution >= 4 is 5.91 Å². The molecule has 1 fully saturated rings. The Balaban J connectivity index is 1.75. The van der Waals surface area contributed by atoms with Gasteiger partial charge in [0.05, 0.1) is 12.5 Å². The summed E-state index contributed by atoms with van der Waals surface area (Å²) >= 11 is 0. The molecule has 114 valence electrons. The maximum Gasteiger partial charge on any atom is 0.228 e. The molecule has 21 heavy (non-hydrogen) atoms. The summed E-state index contributed by atoms with van der Waals surface area (Å²) in [5, 5.41) is 0. The van der Waals surface area contributed by atoms with E-state index in [4.69, 9.17) is 4.74 Å². The van der Waals surface area contributed by atoms with Gasteiger partial charge >= 0.3 is 0 Å². The van der Waals surface area contributed by atoms with Crippen LogP contribution in [0.1, 0.15) is 23.1 Å². The van der Waals surface area contributed by atoms with E-state index in [0.29, 0.717) is 13.2 Å². The van der Waals surface area contributed by atoms with Gasteiger partial charge in [0, 0.05) is 38.6 Å². The number of carbonyl (C=O) groups excluding carboxylic acids is 1. The van der Waals surface area contributed by atoms with E-state index in [9.17, 15) is 4.79 Å². The standard InChI is InChI=1S/C16H23N3O2/c1-18(2)9-13-7-17-8-14-10-19(5-3-15(13)14)16(20)12-4-6-21-11-12/h7-8,12H,3-6,9-11H2,1-2H3. The number of rotatable bonds is 3. The first kappa shape index (κ1) is 14.5. The molecular weight excluding hydrogens is 266 g/mol. The third-order valence-electron chi connectivity index (χ3n) is 4.31. The minimum Gasteiger partial charge on any atom is -0.381 e. The summed E-state index contributed by atoms with van der Waals surface area (Å²) in [6.07, 6.45) is 5.67. The average molecular weight is 289 g/mol. The van der Waals surface area contributed by atoms with Crippen LogP contribution in [-0.2, 0) is 29.0 Å². The molecule has 0 spiro atoms. The fourth-order valence-electron chi connectivity index (χ4n) is 3.22. The number of hydrogen-bond acceptors (Lipinski definition) is 4. The van der Waals surface area contributed by atoms with Gasteiger partial charge in [-0.3, -0.25) is 9.78 Å². The third-order valence-corrected chi connectivity index (χ3v) is 4.31. The van der Waals surface area contributed by atoms with Gasteiger partial charge in [-0.2, -0.15) is 0 Å². The van der Waals surface area contributed by atoms with E-state index >= 15 is 0 Å². The highest BCUT2D eigenvalue weighted by Crippen LogP contribution is 2.25. The number of aromatic nitrogens is 1. The molecular formula is C16H23N3O2. The molecule has 5 heteroatoms. The van der Waals surface area contributed by atoms with E-state index in [1.807, 2.05) is 17.3 Å². The zero-order valence-electron chi connectivity index (χ0n) is 12.8. The van der Waals surface area contributed by atoms with Crippen molar-refractivity contribution in [2.24, 2.45) is 5.92 Å². The quantitative estimate of drug-likeness (QED) is 0.835. The fourth-order valence-corrected chi connectivity index (χ4v) is 3.22. The Hall–Kier alpha value is -1.46. The van der Waals surface area contributed by atoms with Gasteiger partial charge in [-0.25, -0.2) is 0 Å². The molecule has 0 saturated carbocycles. The molecule has 1 aromatic rings. The van der Waals surface area contributed by atoms with Crippen LogP contribution in [0.25, 0.3) is 0 Å². The lowest BCUT2D eigenvalue weighted by Gasteiger charge is -2.31. The number of fused-ring (bicyclic) bond motifs is 1. The van der Waals surface area contributed by atoms with Crippen LogP contribution in [0.2, 0.25) is 0 Å². The van der Waals surface area contributed by atoms with E-state index in [-0.39, 0.29) is 11.8 Å². The molecule has 1 saturated heterocycles. The molecule has 0 N–H and O–H groups in total. The summed E-state index contributed by atoms with van der Waals surface area (Å²) in [6, 6.07) is 0. The van der Waals surface area contributed by atoms with Crippen molar-refractivity contribution < 1.29 is 9.53 Å². The molecule has 1 amide bonds. The Labute approximate surface area is 125 Å². The van der Waals surface area contributed by atoms with Gasteiger partial charge in [-0.15, -0.1) is 0 Å². The predicted molar refractivity (Wildman–Crippen MR) is 79.7 cm³/mol. The SMILES string of the molecule is CN(C)Cc1cncc2c1CCN(C(=O)C1CCOC1)C2. The number of hydrogen-bond donors (Lipinski definition) is 0. The summed E-state index contributed by atoms with van der Waals surface area (Å²) < 4.78 is 5.34. The van der Waals surface area contributed by atoms with Gasteiger partial charge in [0.2, 0.25) is 5.91 Å². The molecule has 1 atom stereocenters. The first-order valence-electron chi connectivity index (χ1n) is 7.61. The van der Waals surface area contributed by atoms with Gasteiger partial charge in [0.1, 0.15) is 0 Å². The first-order valence-corrected chi connectivity index (χ1v) is 7.61. The van der Waals surface area contributed by atoms with Crippen molar-refractivity contribution in [2.45, 2.75) is 25.9 Å². The lowest BCUT2D eigenvalue weighted by atomic mass is 9.95. The van der Waals surface area contributed by atoms with Crippen molar-refractivity contribution in [3.63, 3.8) is 0 Å². The molecule has 2 aliphatic heterocycles. The molecule has 5 nitrogen and oxygen atoms in total. The van der Waals surface area contributed by atoms with Crippen LogP contribution >= 0.6 is 0 Å². The highest BCUT2D eigenvalue weighted by molar-refractivity contribution is 5.79. The second-order valence-corrected chi connectivity index (χ2v) is 6.24. The topological polar surface area (TPSA) is 45.7 Å². The Morgan fingerprint density at radius 3 is 3.05 bits per heavy atom. The van der Waals surface area contributed by atoms with E-state index < -0.39 is 0 Å². The van der Waals surface area contributed by atoms with Crippen molar-refractivity contribution in [1.82, 2.24) is 14.8 Å². The highest BCUT2D eigenvalue weighted by Gasteiger charge is 2.30. The third kappa shape index (κ3) is 3.09. The van der Waals surface area contributed by atoms with Gasteiger partial charge in [0.25, 0.3) is 0 Å². The van der Waals surface area contributed by atoms with Crippen LogP contribution in [0.15, 0.2) is 12.4 Å². The lowest BCUT2D eigenvalue weighted by molar-refractivity contribution is -0.136. The average Bonchev–Trinajstić information content (AvgIpc) is 3.00. The zero-order valence-corrected chi connectivity index (χ0v) is 12.8. The number of amides is 1. The lowest BCUT2D eigenvalue weighted by Crippen LogP contribution is -2.40. The van der Waals surface area contributed by atoms with Crippen LogP contribution < -0.4 is 0 Å². The maximum atomic E-state index is 12.5. The summed E-state index contributed by atoms with van der Waals surface area (Å²) in [5.74, 6) is 0.306. The summed E-state index contributed by atoms with van der Waals surface area (Å²) in [4.78, 5) is 21.0. The van der Waals surface area contributed by atoms with Gasteiger partial charge in [-0.05, 0) is 43.6 Å². The molecule has 1 aromatic heterocycles. The van der Waals surface area contributed by atoms with Crippen LogP contribution in [-0.4, -0.2) is 54.5 Å². The van der Waals surface area contributed by atoms with Crippen LogP contribution in [0.3, 0.4) is 0 Å². The first-order chi connectivity index (χ1) is 10.1. The van der Waals surface area contributed by atoms with Crippen LogP contribution in [0.4, 0.5) is 0 Å². The molecule has 3 heterocycles. The maximum absolute atomic E-state index is 12.5. The van der Waals surface area contributed by atoms with Crippen molar-refractivity contribution in [2.75, 3.05) is 33.9 Å². The molecule has 3 rings (SSSR count). The monoisotopic (exact) mass is 289 g/mol. The second-order valence-electron chi connectivity index (χ2n) is 6.24. The molecule has 1 unspecified atom stereocenters.